The van der Waals surface area contributed by atoms with E-state index in [0.717, 1.165) is 38.5 Å². The van der Waals surface area contributed by atoms with Crippen LogP contribution in [-0.4, -0.2) is 18.9 Å². The van der Waals surface area contributed by atoms with E-state index >= 15 is 0 Å². The zero-order valence-electron chi connectivity index (χ0n) is 23.9. The monoisotopic (exact) mass is 590 g/mol. The highest BCUT2D eigenvalue weighted by Crippen LogP contribution is 2.47. The average Bonchev–Trinajstić information content (AvgIpc) is 3.83. The lowest BCUT2D eigenvalue weighted by atomic mass is 10.0. The van der Waals surface area contributed by atoms with Crippen molar-refractivity contribution in [3.63, 3.8) is 0 Å². The van der Waals surface area contributed by atoms with Crippen LogP contribution in [-0.2, 0) is 0 Å². The number of nitrogens with zero attached hydrogens (tertiary/aromatic N) is 4. The van der Waals surface area contributed by atoms with Gasteiger partial charge in [0.1, 0.15) is 4.83 Å². The molecule has 11 aromatic rings. The summed E-state index contributed by atoms with van der Waals surface area (Å²) in [4.78, 5) is 11.6. The third-order valence-corrected chi connectivity index (χ3v) is 10.5. The molecule has 0 fully saturated rings. The minimum Gasteiger partial charge on any atom is -0.308 e. The fraction of sp³-hybridized carbons (Fsp3) is 0. The van der Waals surface area contributed by atoms with E-state index in [1.807, 2.05) is 6.07 Å². The predicted octanol–water partition coefficient (Wildman–Crippen LogP) is 10.8. The van der Waals surface area contributed by atoms with Crippen LogP contribution in [0.5, 0.6) is 0 Å². The molecule has 0 spiro atoms. The Morgan fingerprint density at radius 1 is 0.467 bits per heavy atom. The van der Waals surface area contributed by atoms with Crippen molar-refractivity contribution in [3.8, 4) is 17.2 Å². The van der Waals surface area contributed by atoms with Crippen molar-refractivity contribution < 1.29 is 0 Å². The van der Waals surface area contributed by atoms with Crippen LogP contribution in [0.25, 0.3) is 97.4 Å². The zero-order chi connectivity index (χ0) is 29.2. The normalized spacial score (nSPS) is 12.4. The summed E-state index contributed by atoms with van der Waals surface area (Å²) in [6, 6.07) is 47.8. The first-order chi connectivity index (χ1) is 22.3. The molecule has 6 aromatic carbocycles. The average molecular weight is 591 g/mol. The lowest BCUT2D eigenvalue weighted by molar-refractivity contribution is 1.08. The number of rotatable bonds is 2. The van der Waals surface area contributed by atoms with Crippen LogP contribution < -0.4 is 0 Å². The van der Waals surface area contributed by atoms with Gasteiger partial charge in [0.2, 0.25) is 0 Å². The molecule has 11 rings (SSSR count). The molecule has 0 unspecified atom stereocenters. The topological polar surface area (TPSA) is 35.1 Å². The first-order valence-corrected chi connectivity index (χ1v) is 16.0. The quantitative estimate of drug-likeness (QED) is 0.201. The molecule has 5 heteroatoms. The van der Waals surface area contributed by atoms with Gasteiger partial charge in [0.15, 0.2) is 11.6 Å². The van der Waals surface area contributed by atoms with Crippen molar-refractivity contribution in [2.45, 2.75) is 0 Å². The first-order valence-electron chi connectivity index (χ1n) is 15.2. The summed E-state index contributed by atoms with van der Waals surface area (Å²) in [7, 11) is 0. The third kappa shape index (κ3) is 2.96. The van der Waals surface area contributed by atoms with Crippen LogP contribution in [0.2, 0.25) is 0 Å². The maximum Gasteiger partial charge on any atom is 0.163 e. The van der Waals surface area contributed by atoms with Crippen molar-refractivity contribution in [2.75, 3.05) is 0 Å². The van der Waals surface area contributed by atoms with Crippen molar-refractivity contribution in [1.82, 2.24) is 18.9 Å². The zero-order valence-corrected chi connectivity index (χ0v) is 24.7. The molecule has 0 aliphatic rings. The molecule has 0 aliphatic heterocycles. The lowest BCUT2D eigenvalue weighted by Crippen LogP contribution is -2.01. The fourth-order valence-corrected chi connectivity index (χ4v) is 8.75. The molecule has 0 saturated heterocycles. The van der Waals surface area contributed by atoms with Crippen molar-refractivity contribution >= 4 is 91.5 Å². The number of benzene rings is 6. The second-order valence-corrected chi connectivity index (χ2v) is 12.8. The van der Waals surface area contributed by atoms with Gasteiger partial charge < -0.3 is 4.40 Å². The van der Waals surface area contributed by atoms with Gasteiger partial charge in [-0.2, -0.15) is 0 Å². The van der Waals surface area contributed by atoms with Crippen molar-refractivity contribution in [3.05, 3.63) is 133 Å². The van der Waals surface area contributed by atoms with Crippen LogP contribution in [0.1, 0.15) is 0 Å². The standard InChI is InChI=1S/C40H22N4S/c1-2-12-23(13-3-1)38-41-39(36-27-17-7-11-21-33(27)45-40(36)42-38)44-31-20-10-5-15-25(31)34-32(44)22-28-24-14-4-8-18-29(24)43-30-19-9-6-16-26(30)35(34)37(28)43/h1-22H. The van der Waals surface area contributed by atoms with Crippen LogP contribution >= 0.6 is 11.3 Å². The molecule has 4 nitrogen and oxygen atoms in total. The maximum atomic E-state index is 5.43. The molecule has 208 valence electrons. The van der Waals surface area contributed by atoms with Crippen LogP contribution in [0, 0.1) is 0 Å². The molecule has 0 N–H and O–H groups in total. The summed E-state index contributed by atoms with van der Waals surface area (Å²) in [5, 5.41) is 9.87. The Labute approximate surface area is 260 Å². The molecule has 0 saturated carbocycles. The van der Waals surface area contributed by atoms with E-state index in [1.165, 1.54) is 59.0 Å². The molecular weight excluding hydrogens is 569 g/mol. The van der Waals surface area contributed by atoms with Crippen LogP contribution in [0.3, 0.4) is 0 Å². The summed E-state index contributed by atoms with van der Waals surface area (Å²) in [6.45, 7) is 0. The highest BCUT2D eigenvalue weighted by Gasteiger charge is 2.26. The Bertz CT molecular complexity index is 2980. The fourth-order valence-electron chi connectivity index (χ4n) is 7.68. The van der Waals surface area contributed by atoms with E-state index in [9.17, 15) is 0 Å². The van der Waals surface area contributed by atoms with E-state index in [2.05, 4.69) is 136 Å². The number of para-hydroxylation sites is 3. The Morgan fingerprint density at radius 2 is 1.09 bits per heavy atom. The molecule has 45 heavy (non-hydrogen) atoms. The van der Waals surface area contributed by atoms with Gasteiger partial charge in [-0.1, -0.05) is 103 Å². The molecule has 5 aromatic heterocycles. The number of fused-ring (bicyclic) bond motifs is 13. The van der Waals surface area contributed by atoms with E-state index in [0.29, 0.717) is 0 Å². The number of hydrogen-bond acceptors (Lipinski definition) is 3. The smallest absolute Gasteiger partial charge is 0.163 e. The highest BCUT2D eigenvalue weighted by molar-refractivity contribution is 7.25. The van der Waals surface area contributed by atoms with Crippen LogP contribution in [0.15, 0.2) is 133 Å². The van der Waals surface area contributed by atoms with E-state index in [-0.39, 0.29) is 0 Å². The van der Waals surface area contributed by atoms with Gasteiger partial charge in [0.25, 0.3) is 0 Å². The maximum absolute atomic E-state index is 5.43. The van der Waals surface area contributed by atoms with E-state index in [1.54, 1.807) is 11.3 Å². The number of thiophene rings is 1. The summed E-state index contributed by atoms with van der Waals surface area (Å²) >= 11 is 1.74. The second-order valence-electron chi connectivity index (χ2n) is 11.8. The summed E-state index contributed by atoms with van der Waals surface area (Å²) in [6.07, 6.45) is 0. The first kappa shape index (κ1) is 23.6. The van der Waals surface area contributed by atoms with Gasteiger partial charge in [0.05, 0.1) is 33.0 Å². The Kier molecular flexibility index (Phi) is 4.43. The summed E-state index contributed by atoms with van der Waals surface area (Å²) < 4.78 is 6.08. The Morgan fingerprint density at radius 3 is 1.89 bits per heavy atom. The largest absolute Gasteiger partial charge is 0.308 e. The van der Waals surface area contributed by atoms with E-state index < -0.39 is 0 Å². The SMILES string of the molecule is c1ccc(-c2nc(-n3c4ccccc4c4c5c6ccccc6n6c7ccccc7c(cc43)c56)c3c(n2)sc2ccccc23)cc1. The van der Waals surface area contributed by atoms with Gasteiger partial charge in [0, 0.05) is 48.0 Å². The Balaban J connectivity index is 1.42. The molecule has 0 radical (unpaired) electrons. The van der Waals surface area contributed by atoms with Crippen LogP contribution in [0.4, 0.5) is 0 Å². The molecule has 0 amide bonds. The minimum absolute atomic E-state index is 0.739. The second kappa shape index (κ2) is 8.44. The van der Waals surface area contributed by atoms with Gasteiger partial charge in [-0.15, -0.1) is 11.3 Å². The van der Waals surface area contributed by atoms with Crippen molar-refractivity contribution in [2.24, 2.45) is 0 Å². The summed E-state index contributed by atoms with van der Waals surface area (Å²) in [5.41, 5.74) is 7.08. The molecular formula is C40H22N4S. The van der Waals surface area contributed by atoms with Gasteiger partial charge in [-0.05, 0) is 30.3 Å². The third-order valence-electron chi connectivity index (χ3n) is 9.47. The molecule has 0 aliphatic carbocycles. The molecule has 5 heterocycles. The number of hydrogen-bond donors (Lipinski definition) is 0. The summed E-state index contributed by atoms with van der Waals surface area (Å²) in [5.74, 6) is 1.66. The van der Waals surface area contributed by atoms with Gasteiger partial charge in [-0.3, -0.25) is 4.57 Å². The number of aromatic nitrogens is 4. The predicted molar refractivity (Wildman–Crippen MR) is 189 cm³/mol. The van der Waals surface area contributed by atoms with Gasteiger partial charge in [-0.25, -0.2) is 9.97 Å². The molecule has 0 bridgehead atoms. The lowest BCUT2D eigenvalue weighted by Gasteiger charge is -2.11. The highest BCUT2D eigenvalue weighted by atomic mass is 32.1. The Hall–Kier alpha value is -5.78. The van der Waals surface area contributed by atoms with E-state index in [4.69, 9.17) is 9.97 Å². The molecule has 0 atom stereocenters. The minimum atomic E-state index is 0.739. The van der Waals surface area contributed by atoms with Crippen molar-refractivity contribution in [1.29, 1.82) is 0 Å². The van der Waals surface area contributed by atoms with Gasteiger partial charge >= 0.3 is 0 Å².